The number of amides is 1. The van der Waals surface area contributed by atoms with Gasteiger partial charge in [0.25, 0.3) is 0 Å². The lowest BCUT2D eigenvalue weighted by atomic mass is 10.2. The van der Waals surface area contributed by atoms with Crippen molar-refractivity contribution in [3.63, 3.8) is 0 Å². The zero-order valence-corrected chi connectivity index (χ0v) is 8.08. The van der Waals surface area contributed by atoms with Crippen LogP contribution < -0.4 is 5.32 Å². The van der Waals surface area contributed by atoms with Crippen molar-refractivity contribution >= 4 is 11.6 Å². The van der Waals surface area contributed by atoms with Crippen LogP contribution in [0.15, 0.2) is 30.9 Å². The van der Waals surface area contributed by atoms with Crippen LogP contribution >= 0.6 is 0 Å². The molecule has 0 unspecified atom stereocenters. The van der Waals surface area contributed by atoms with Gasteiger partial charge in [-0.1, -0.05) is 12.1 Å². The van der Waals surface area contributed by atoms with Crippen LogP contribution in [0.4, 0.5) is 5.69 Å². The van der Waals surface area contributed by atoms with Crippen LogP contribution in [-0.4, -0.2) is 11.0 Å². The molecule has 14 heavy (non-hydrogen) atoms. The highest BCUT2D eigenvalue weighted by Crippen LogP contribution is 2.20. The first-order chi connectivity index (χ1) is 6.63. The minimum atomic E-state index is -0.136. The van der Waals surface area contributed by atoms with Gasteiger partial charge in [-0.05, 0) is 18.6 Å². The number of rotatable bonds is 3. The first-order valence-corrected chi connectivity index (χ1v) is 4.34. The fraction of sp³-hybridized carbons (Fsp3) is 0.182. The molecule has 0 heterocycles. The van der Waals surface area contributed by atoms with Crippen molar-refractivity contribution in [1.29, 1.82) is 0 Å². The SMILES string of the molecule is C=CCC(=O)Nc1ccc(C)c(O)c1. The molecule has 0 saturated heterocycles. The maximum atomic E-state index is 11.1. The summed E-state index contributed by atoms with van der Waals surface area (Å²) in [5.74, 6) is 0.0460. The Balaban J connectivity index is 2.72. The molecule has 0 radical (unpaired) electrons. The standard InChI is InChI=1S/C11H13NO2/c1-3-4-11(14)12-9-6-5-8(2)10(13)7-9/h3,5-7,13H,1,4H2,2H3,(H,12,14). The average Bonchev–Trinajstić information content (AvgIpc) is 2.12. The molecule has 74 valence electrons. The van der Waals surface area contributed by atoms with Gasteiger partial charge in [-0.25, -0.2) is 0 Å². The first-order valence-electron chi connectivity index (χ1n) is 4.34. The quantitative estimate of drug-likeness (QED) is 0.720. The maximum Gasteiger partial charge on any atom is 0.228 e. The van der Waals surface area contributed by atoms with Gasteiger partial charge >= 0.3 is 0 Å². The van der Waals surface area contributed by atoms with Crippen molar-refractivity contribution < 1.29 is 9.90 Å². The summed E-state index contributed by atoms with van der Waals surface area (Å²) >= 11 is 0. The second-order valence-corrected chi connectivity index (χ2v) is 3.04. The molecule has 1 aromatic carbocycles. The molecule has 3 heteroatoms. The summed E-state index contributed by atoms with van der Waals surface area (Å²) < 4.78 is 0. The first kappa shape index (κ1) is 10.3. The van der Waals surface area contributed by atoms with Crippen LogP contribution in [-0.2, 0) is 4.79 Å². The number of aromatic hydroxyl groups is 1. The maximum absolute atomic E-state index is 11.1. The molecule has 0 spiro atoms. The molecule has 0 bridgehead atoms. The summed E-state index contributed by atoms with van der Waals surface area (Å²) in [5.41, 5.74) is 1.38. The van der Waals surface area contributed by atoms with Crippen molar-refractivity contribution in [3.05, 3.63) is 36.4 Å². The van der Waals surface area contributed by atoms with Crippen LogP contribution in [0, 0.1) is 6.92 Å². The van der Waals surface area contributed by atoms with Crippen LogP contribution in [0.1, 0.15) is 12.0 Å². The van der Waals surface area contributed by atoms with Gasteiger partial charge < -0.3 is 10.4 Å². The van der Waals surface area contributed by atoms with Crippen molar-refractivity contribution in [2.45, 2.75) is 13.3 Å². The number of anilines is 1. The van der Waals surface area contributed by atoms with E-state index in [0.29, 0.717) is 5.69 Å². The highest BCUT2D eigenvalue weighted by atomic mass is 16.3. The van der Waals surface area contributed by atoms with Gasteiger partial charge in [0.1, 0.15) is 5.75 Å². The van der Waals surface area contributed by atoms with Gasteiger partial charge in [0.2, 0.25) is 5.91 Å². The predicted octanol–water partition coefficient (Wildman–Crippen LogP) is 2.22. The van der Waals surface area contributed by atoms with Gasteiger partial charge in [-0.2, -0.15) is 0 Å². The second kappa shape index (κ2) is 4.46. The lowest BCUT2D eigenvalue weighted by Gasteiger charge is -2.05. The predicted molar refractivity (Wildman–Crippen MR) is 56.3 cm³/mol. The van der Waals surface area contributed by atoms with E-state index in [1.807, 2.05) is 0 Å². The van der Waals surface area contributed by atoms with Gasteiger partial charge in [0.05, 0.1) is 0 Å². The number of carbonyl (C=O) groups excluding carboxylic acids is 1. The fourth-order valence-corrected chi connectivity index (χ4v) is 1.03. The minimum absolute atomic E-state index is 0.136. The normalized spacial score (nSPS) is 9.50. The van der Waals surface area contributed by atoms with E-state index >= 15 is 0 Å². The van der Waals surface area contributed by atoms with Crippen molar-refractivity contribution in [2.24, 2.45) is 0 Å². The molecule has 2 N–H and O–H groups in total. The van der Waals surface area contributed by atoms with E-state index in [4.69, 9.17) is 0 Å². The third kappa shape index (κ3) is 2.62. The highest BCUT2D eigenvalue weighted by Gasteiger charge is 2.01. The molecule has 0 aliphatic carbocycles. The number of carbonyl (C=O) groups is 1. The van der Waals surface area contributed by atoms with Gasteiger partial charge in [0, 0.05) is 18.2 Å². The Bertz CT molecular complexity index is 358. The molecule has 1 aromatic rings. The van der Waals surface area contributed by atoms with E-state index in [1.54, 1.807) is 19.1 Å². The van der Waals surface area contributed by atoms with Crippen molar-refractivity contribution in [2.75, 3.05) is 5.32 Å². The van der Waals surface area contributed by atoms with E-state index < -0.39 is 0 Å². The third-order valence-corrected chi connectivity index (χ3v) is 1.82. The molecule has 0 aliphatic rings. The molecule has 1 rings (SSSR count). The van der Waals surface area contributed by atoms with Crippen LogP contribution in [0.3, 0.4) is 0 Å². The summed E-state index contributed by atoms with van der Waals surface area (Å²) in [4.78, 5) is 11.1. The van der Waals surface area contributed by atoms with E-state index in [1.165, 1.54) is 12.1 Å². The van der Waals surface area contributed by atoms with Gasteiger partial charge in [0.15, 0.2) is 0 Å². The summed E-state index contributed by atoms with van der Waals surface area (Å²) in [6, 6.07) is 5.02. The van der Waals surface area contributed by atoms with Crippen LogP contribution in [0.2, 0.25) is 0 Å². The summed E-state index contributed by atoms with van der Waals surface area (Å²) in [6.07, 6.45) is 1.80. The Hall–Kier alpha value is -1.77. The second-order valence-electron chi connectivity index (χ2n) is 3.04. The lowest BCUT2D eigenvalue weighted by Crippen LogP contribution is -2.09. The highest BCUT2D eigenvalue weighted by molar-refractivity contribution is 5.91. The Labute approximate surface area is 83.1 Å². The number of nitrogens with one attached hydrogen (secondary N) is 1. The molecule has 0 saturated carbocycles. The lowest BCUT2D eigenvalue weighted by molar-refractivity contribution is -0.115. The molecule has 0 atom stereocenters. The molecule has 3 nitrogen and oxygen atoms in total. The number of aryl methyl sites for hydroxylation is 1. The Morgan fingerprint density at radius 3 is 2.93 bits per heavy atom. The third-order valence-electron chi connectivity index (χ3n) is 1.82. The fourth-order valence-electron chi connectivity index (χ4n) is 1.03. The zero-order chi connectivity index (χ0) is 10.6. The number of hydrogen-bond acceptors (Lipinski definition) is 2. The van der Waals surface area contributed by atoms with Crippen LogP contribution in [0.25, 0.3) is 0 Å². The van der Waals surface area contributed by atoms with Crippen LogP contribution in [0.5, 0.6) is 5.75 Å². The zero-order valence-electron chi connectivity index (χ0n) is 8.08. The van der Waals surface area contributed by atoms with Crippen molar-refractivity contribution in [1.82, 2.24) is 0 Å². The molecule has 0 aromatic heterocycles. The number of phenolic OH excluding ortho intramolecular Hbond substituents is 1. The number of hydrogen-bond donors (Lipinski definition) is 2. The largest absolute Gasteiger partial charge is 0.508 e. The Morgan fingerprint density at radius 2 is 2.36 bits per heavy atom. The summed E-state index contributed by atoms with van der Waals surface area (Å²) in [5, 5.41) is 12.0. The summed E-state index contributed by atoms with van der Waals surface area (Å²) in [7, 11) is 0. The topological polar surface area (TPSA) is 49.3 Å². The molecule has 1 amide bonds. The summed E-state index contributed by atoms with van der Waals surface area (Å²) in [6.45, 7) is 5.26. The number of benzene rings is 1. The number of phenols is 1. The monoisotopic (exact) mass is 191 g/mol. The van der Waals surface area contributed by atoms with E-state index in [-0.39, 0.29) is 18.1 Å². The van der Waals surface area contributed by atoms with E-state index in [0.717, 1.165) is 5.56 Å². The molecular weight excluding hydrogens is 178 g/mol. The van der Waals surface area contributed by atoms with E-state index in [9.17, 15) is 9.90 Å². The minimum Gasteiger partial charge on any atom is -0.508 e. The molecule has 0 fully saturated rings. The van der Waals surface area contributed by atoms with Gasteiger partial charge in [-0.3, -0.25) is 4.79 Å². The Morgan fingerprint density at radius 1 is 1.64 bits per heavy atom. The smallest absolute Gasteiger partial charge is 0.228 e. The Kier molecular flexibility index (Phi) is 3.29. The van der Waals surface area contributed by atoms with Gasteiger partial charge in [-0.15, -0.1) is 6.58 Å². The van der Waals surface area contributed by atoms with Crippen molar-refractivity contribution in [3.8, 4) is 5.75 Å². The molecular formula is C11H13NO2. The van der Waals surface area contributed by atoms with E-state index in [2.05, 4.69) is 11.9 Å². The molecule has 0 aliphatic heterocycles. The average molecular weight is 191 g/mol.